The third kappa shape index (κ3) is 2.19. The number of halogens is 1. The Bertz CT molecular complexity index is 435. The molecule has 13 heavy (non-hydrogen) atoms. The van der Waals surface area contributed by atoms with Crippen LogP contribution in [-0.2, 0) is 9.84 Å². The van der Waals surface area contributed by atoms with Crippen LogP contribution in [0.4, 0.5) is 0 Å². The van der Waals surface area contributed by atoms with Crippen LogP contribution >= 0.6 is 15.9 Å². The summed E-state index contributed by atoms with van der Waals surface area (Å²) in [7, 11) is -3.32. The topological polar surface area (TPSA) is 34.1 Å². The predicted octanol–water partition coefficient (Wildman–Crippen LogP) is 2.67. The Balaban J connectivity index is 3.46. The maximum absolute atomic E-state index is 11.4. The van der Waals surface area contributed by atoms with Gasteiger partial charge in [-0.2, -0.15) is 0 Å². The van der Waals surface area contributed by atoms with Gasteiger partial charge in [0.25, 0.3) is 0 Å². The molecule has 0 spiro atoms. The van der Waals surface area contributed by atoms with Crippen LogP contribution in [0.3, 0.4) is 0 Å². The number of benzene rings is 1. The van der Waals surface area contributed by atoms with Gasteiger partial charge in [-0.05, 0) is 24.6 Å². The van der Waals surface area contributed by atoms with Gasteiger partial charge < -0.3 is 0 Å². The Morgan fingerprint density at radius 3 is 2.62 bits per heavy atom. The largest absolute Gasteiger partial charge is 0.219 e. The molecule has 0 unspecified atom stereocenters. The van der Waals surface area contributed by atoms with Gasteiger partial charge in [0.15, 0.2) is 9.84 Å². The molecular formula is C9H9BrO2S. The van der Waals surface area contributed by atoms with E-state index in [2.05, 4.69) is 22.5 Å². The molecule has 1 rings (SSSR count). The molecule has 0 saturated carbocycles. The summed E-state index contributed by atoms with van der Waals surface area (Å²) in [4.78, 5) is 0.303. The number of aryl methyl sites for hydroxylation is 1. The lowest BCUT2D eigenvalue weighted by Crippen LogP contribution is -1.98. The van der Waals surface area contributed by atoms with Crippen LogP contribution in [0.25, 0.3) is 0 Å². The molecular weight excluding hydrogens is 252 g/mol. The molecule has 0 aliphatic heterocycles. The monoisotopic (exact) mass is 260 g/mol. The van der Waals surface area contributed by atoms with Crippen LogP contribution in [0, 0.1) is 6.92 Å². The maximum atomic E-state index is 11.4. The van der Waals surface area contributed by atoms with E-state index in [1.54, 1.807) is 25.1 Å². The quantitative estimate of drug-likeness (QED) is 0.820. The molecule has 0 radical (unpaired) electrons. The average Bonchev–Trinajstić information content (AvgIpc) is 2.09. The van der Waals surface area contributed by atoms with Crippen LogP contribution in [0.1, 0.15) is 5.56 Å². The Morgan fingerprint density at radius 1 is 1.46 bits per heavy atom. The highest BCUT2D eigenvalue weighted by Crippen LogP contribution is 2.21. The third-order valence-electron chi connectivity index (χ3n) is 1.68. The van der Waals surface area contributed by atoms with Crippen molar-refractivity contribution in [2.24, 2.45) is 0 Å². The molecule has 0 atom stereocenters. The van der Waals surface area contributed by atoms with Crippen molar-refractivity contribution in [1.29, 1.82) is 0 Å². The molecule has 2 nitrogen and oxygen atoms in total. The van der Waals surface area contributed by atoms with Crippen molar-refractivity contribution in [2.45, 2.75) is 11.8 Å². The summed E-state index contributed by atoms with van der Waals surface area (Å²) in [6.45, 7) is 5.03. The molecule has 0 heterocycles. The first kappa shape index (κ1) is 10.5. The SMILES string of the molecule is C=CS(=O)(=O)c1cc(Br)ccc1C. The highest BCUT2D eigenvalue weighted by molar-refractivity contribution is 9.10. The minimum Gasteiger partial charge on any atom is -0.219 e. The second-order valence-corrected chi connectivity index (χ2v) is 5.40. The van der Waals surface area contributed by atoms with Gasteiger partial charge in [-0.25, -0.2) is 8.42 Å². The first-order valence-corrected chi connectivity index (χ1v) is 5.95. The zero-order valence-corrected chi connectivity index (χ0v) is 9.52. The Hall–Kier alpha value is -0.610. The zero-order valence-electron chi connectivity index (χ0n) is 7.12. The molecule has 1 aromatic carbocycles. The lowest BCUT2D eigenvalue weighted by Gasteiger charge is -2.03. The second kappa shape index (κ2) is 3.64. The van der Waals surface area contributed by atoms with Gasteiger partial charge in [-0.1, -0.05) is 28.6 Å². The van der Waals surface area contributed by atoms with Gasteiger partial charge in [-0.15, -0.1) is 0 Å². The fraction of sp³-hybridized carbons (Fsp3) is 0.111. The van der Waals surface area contributed by atoms with Crippen LogP contribution in [-0.4, -0.2) is 8.42 Å². The van der Waals surface area contributed by atoms with Crippen molar-refractivity contribution in [3.05, 3.63) is 40.2 Å². The summed E-state index contributed by atoms with van der Waals surface area (Å²) < 4.78 is 23.6. The van der Waals surface area contributed by atoms with Crippen molar-refractivity contribution in [2.75, 3.05) is 0 Å². The van der Waals surface area contributed by atoms with Gasteiger partial charge in [0.2, 0.25) is 0 Å². The van der Waals surface area contributed by atoms with E-state index in [1.165, 1.54) is 0 Å². The first-order chi connectivity index (χ1) is 5.97. The van der Waals surface area contributed by atoms with Crippen LogP contribution in [0.5, 0.6) is 0 Å². The summed E-state index contributed by atoms with van der Waals surface area (Å²) in [5.41, 5.74) is 0.725. The molecule has 0 N–H and O–H groups in total. The predicted molar refractivity (Wildman–Crippen MR) is 56.3 cm³/mol. The lowest BCUT2D eigenvalue weighted by atomic mass is 10.2. The molecule has 0 bridgehead atoms. The van der Waals surface area contributed by atoms with Gasteiger partial charge in [0.1, 0.15) is 0 Å². The first-order valence-electron chi connectivity index (χ1n) is 3.61. The highest BCUT2D eigenvalue weighted by Gasteiger charge is 2.12. The summed E-state index contributed by atoms with van der Waals surface area (Å²) in [5.74, 6) is 0. The fourth-order valence-electron chi connectivity index (χ4n) is 0.970. The van der Waals surface area contributed by atoms with E-state index in [0.29, 0.717) is 4.90 Å². The number of sulfone groups is 1. The highest BCUT2D eigenvalue weighted by atomic mass is 79.9. The van der Waals surface area contributed by atoms with E-state index in [4.69, 9.17) is 0 Å². The van der Waals surface area contributed by atoms with E-state index in [1.807, 2.05) is 0 Å². The second-order valence-electron chi connectivity index (χ2n) is 2.62. The lowest BCUT2D eigenvalue weighted by molar-refractivity contribution is 0.604. The molecule has 0 fully saturated rings. The van der Waals surface area contributed by atoms with E-state index in [9.17, 15) is 8.42 Å². The molecule has 0 saturated heterocycles. The summed E-state index contributed by atoms with van der Waals surface area (Å²) >= 11 is 3.22. The van der Waals surface area contributed by atoms with E-state index in [0.717, 1.165) is 15.4 Å². The Morgan fingerprint density at radius 2 is 2.08 bits per heavy atom. The van der Waals surface area contributed by atoms with Crippen molar-refractivity contribution in [3.8, 4) is 0 Å². The standard InChI is InChI=1S/C9H9BrO2S/c1-3-13(11,12)9-6-8(10)5-4-7(9)2/h3-6H,1H2,2H3. The van der Waals surface area contributed by atoms with E-state index in [-0.39, 0.29) is 0 Å². The van der Waals surface area contributed by atoms with Crippen molar-refractivity contribution in [3.63, 3.8) is 0 Å². The normalized spacial score (nSPS) is 11.2. The number of hydrogen-bond acceptors (Lipinski definition) is 2. The molecule has 0 amide bonds. The molecule has 4 heteroatoms. The van der Waals surface area contributed by atoms with E-state index < -0.39 is 9.84 Å². The molecule has 0 aliphatic rings. The summed E-state index contributed by atoms with van der Waals surface area (Å²) in [6, 6.07) is 5.13. The van der Waals surface area contributed by atoms with Crippen LogP contribution in [0.15, 0.2) is 39.6 Å². The minimum atomic E-state index is -3.32. The van der Waals surface area contributed by atoms with Crippen LogP contribution in [0.2, 0.25) is 0 Å². The molecule has 70 valence electrons. The number of rotatable bonds is 2. The van der Waals surface area contributed by atoms with Gasteiger partial charge >= 0.3 is 0 Å². The van der Waals surface area contributed by atoms with Crippen molar-refractivity contribution < 1.29 is 8.42 Å². The maximum Gasteiger partial charge on any atom is 0.199 e. The summed E-state index contributed by atoms with van der Waals surface area (Å²) in [5, 5.41) is 0.960. The fourth-order valence-corrected chi connectivity index (χ4v) is 2.47. The van der Waals surface area contributed by atoms with Crippen molar-refractivity contribution in [1.82, 2.24) is 0 Å². The molecule has 0 aliphatic carbocycles. The van der Waals surface area contributed by atoms with Gasteiger partial charge in [0.05, 0.1) is 4.90 Å². The van der Waals surface area contributed by atoms with Crippen LogP contribution < -0.4 is 0 Å². The molecule has 1 aromatic rings. The van der Waals surface area contributed by atoms with Gasteiger partial charge in [-0.3, -0.25) is 0 Å². The zero-order chi connectivity index (χ0) is 10.1. The van der Waals surface area contributed by atoms with E-state index >= 15 is 0 Å². The Kier molecular flexibility index (Phi) is 2.93. The average molecular weight is 261 g/mol. The minimum absolute atomic E-state index is 0.303. The van der Waals surface area contributed by atoms with Crippen molar-refractivity contribution >= 4 is 25.8 Å². The smallest absolute Gasteiger partial charge is 0.199 e. The summed E-state index contributed by atoms with van der Waals surface area (Å²) in [6.07, 6.45) is 0. The third-order valence-corrected chi connectivity index (χ3v) is 3.66. The molecule has 0 aromatic heterocycles. The van der Waals surface area contributed by atoms with Gasteiger partial charge in [0, 0.05) is 9.88 Å². The number of hydrogen-bond donors (Lipinski definition) is 0. The Labute approximate surface area is 86.3 Å².